The summed E-state index contributed by atoms with van der Waals surface area (Å²) < 4.78 is 0. The van der Waals surface area contributed by atoms with Crippen molar-refractivity contribution in [2.24, 2.45) is 5.92 Å². The number of benzene rings is 2. The molecule has 6 nitrogen and oxygen atoms in total. The molecule has 3 N–H and O–H groups in total. The first kappa shape index (κ1) is 21.3. The fourth-order valence-electron chi connectivity index (χ4n) is 2.71. The maximum atomic E-state index is 12.3. The van der Waals surface area contributed by atoms with Gasteiger partial charge in [0.1, 0.15) is 0 Å². The minimum atomic E-state index is -0.277. The summed E-state index contributed by atoms with van der Waals surface area (Å²) in [6.45, 7) is 5.53. The summed E-state index contributed by atoms with van der Waals surface area (Å²) in [5.41, 5.74) is 3.60. The Hall–Kier alpha value is -3.41. The van der Waals surface area contributed by atoms with Gasteiger partial charge in [-0.05, 0) is 61.2 Å². The molecule has 0 saturated heterocycles. The highest BCUT2D eigenvalue weighted by molar-refractivity contribution is 6.03. The summed E-state index contributed by atoms with van der Waals surface area (Å²) in [6, 6.07) is 12.8. The van der Waals surface area contributed by atoms with Crippen molar-refractivity contribution >= 4 is 35.2 Å². The zero-order valence-corrected chi connectivity index (χ0v) is 17.5. The molecule has 0 spiro atoms. The van der Waals surface area contributed by atoms with Gasteiger partial charge < -0.3 is 16.0 Å². The average molecular weight is 405 g/mol. The van der Waals surface area contributed by atoms with Crippen LogP contribution in [-0.2, 0) is 9.59 Å². The molecule has 0 unspecified atom stereocenters. The molecule has 1 aliphatic carbocycles. The van der Waals surface area contributed by atoms with Gasteiger partial charge in [-0.15, -0.1) is 0 Å². The summed E-state index contributed by atoms with van der Waals surface area (Å²) >= 11 is 0. The minimum Gasteiger partial charge on any atom is -0.349 e. The zero-order valence-electron chi connectivity index (χ0n) is 17.5. The van der Waals surface area contributed by atoms with Crippen molar-refractivity contribution in [3.05, 3.63) is 65.2 Å². The van der Waals surface area contributed by atoms with Gasteiger partial charge in [-0.2, -0.15) is 0 Å². The number of rotatable bonds is 7. The molecule has 6 heteroatoms. The number of aryl methyl sites for hydroxylation is 1. The van der Waals surface area contributed by atoms with Crippen molar-refractivity contribution in [2.45, 2.75) is 39.7 Å². The van der Waals surface area contributed by atoms with Gasteiger partial charge in [0, 0.05) is 35.0 Å². The fraction of sp³-hybridized carbons (Fsp3) is 0.292. The summed E-state index contributed by atoms with van der Waals surface area (Å²) in [4.78, 5) is 36.2. The lowest BCUT2D eigenvalue weighted by Gasteiger charge is -2.12. The van der Waals surface area contributed by atoms with Crippen LogP contribution >= 0.6 is 0 Å². The highest BCUT2D eigenvalue weighted by Gasteiger charge is 2.23. The van der Waals surface area contributed by atoms with E-state index in [4.69, 9.17) is 0 Å². The number of amides is 3. The Morgan fingerprint density at radius 1 is 1.00 bits per heavy atom. The van der Waals surface area contributed by atoms with Crippen LogP contribution in [0.5, 0.6) is 0 Å². The van der Waals surface area contributed by atoms with Gasteiger partial charge in [0.05, 0.1) is 0 Å². The molecule has 1 aliphatic rings. The molecule has 0 aromatic heterocycles. The van der Waals surface area contributed by atoms with Crippen LogP contribution in [0.2, 0.25) is 0 Å². The zero-order chi connectivity index (χ0) is 21.7. The van der Waals surface area contributed by atoms with Crippen LogP contribution in [0.3, 0.4) is 0 Å². The van der Waals surface area contributed by atoms with Gasteiger partial charge in [0.25, 0.3) is 5.91 Å². The largest absolute Gasteiger partial charge is 0.349 e. The number of nitrogens with one attached hydrogen (secondary N) is 3. The van der Waals surface area contributed by atoms with Gasteiger partial charge in [0.15, 0.2) is 0 Å². The number of hydrogen-bond donors (Lipinski definition) is 3. The number of carbonyl (C=O) groups excluding carboxylic acids is 3. The summed E-state index contributed by atoms with van der Waals surface area (Å²) in [7, 11) is 0. The van der Waals surface area contributed by atoms with Crippen LogP contribution in [0.15, 0.2) is 48.5 Å². The van der Waals surface area contributed by atoms with Gasteiger partial charge >= 0.3 is 0 Å². The quantitative estimate of drug-likeness (QED) is 0.605. The maximum Gasteiger partial charge on any atom is 0.251 e. The van der Waals surface area contributed by atoms with E-state index < -0.39 is 0 Å². The number of hydrogen-bond acceptors (Lipinski definition) is 3. The standard InChI is InChI=1S/C24H27N3O3/c1-15(2)23(29)26-20-10-4-16(3)21(14-20)27-22(28)13-7-17-5-8-18(9-6-17)24(30)25-19-11-12-19/h4-10,13-15,19H,11-12H2,1-3H3,(H,25,30)(H,26,29)(H,27,28)/b13-7+. The topological polar surface area (TPSA) is 87.3 Å². The highest BCUT2D eigenvalue weighted by atomic mass is 16.2. The van der Waals surface area contributed by atoms with Crippen LogP contribution in [0.25, 0.3) is 6.08 Å². The maximum absolute atomic E-state index is 12.3. The molecule has 156 valence electrons. The predicted molar refractivity (Wildman–Crippen MR) is 119 cm³/mol. The number of carbonyl (C=O) groups is 3. The van der Waals surface area contributed by atoms with E-state index in [1.54, 1.807) is 36.4 Å². The number of anilines is 2. The Balaban J connectivity index is 1.60. The second-order valence-electron chi connectivity index (χ2n) is 7.87. The molecule has 2 aromatic carbocycles. The Morgan fingerprint density at radius 2 is 1.70 bits per heavy atom. The summed E-state index contributed by atoms with van der Waals surface area (Å²) in [5, 5.41) is 8.62. The summed E-state index contributed by atoms with van der Waals surface area (Å²) in [5.74, 6) is -0.546. The third-order valence-electron chi connectivity index (χ3n) is 4.80. The normalized spacial score (nSPS) is 13.3. The van der Waals surface area contributed by atoms with Crippen molar-refractivity contribution in [1.82, 2.24) is 5.32 Å². The van der Waals surface area contributed by atoms with Gasteiger partial charge in [-0.1, -0.05) is 32.0 Å². The monoisotopic (exact) mass is 405 g/mol. The first-order valence-electron chi connectivity index (χ1n) is 10.1. The van der Waals surface area contributed by atoms with Crippen molar-refractivity contribution in [1.29, 1.82) is 0 Å². The Labute approximate surface area is 176 Å². The van der Waals surface area contributed by atoms with Crippen LogP contribution in [0, 0.1) is 12.8 Å². The lowest BCUT2D eigenvalue weighted by Crippen LogP contribution is -2.25. The first-order valence-corrected chi connectivity index (χ1v) is 10.1. The van der Waals surface area contributed by atoms with Crippen molar-refractivity contribution in [2.75, 3.05) is 10.6 Å². The van der Waals surface area contributed by atoms with Gasteiger partial charge in [-0.3, -0.25) is 14.4 Å². The average Bonchev–Trinajstić information content (AvgIpc) is 3.53. The van der Waals surface area contributed by atoms with Crippen LogP contribution in [0.4, 0.5) is 11.4 Å². The van der Waals surface area contributed by atoms with Crippen molar-refractivity contribution in [3.63, 3.8) is 0 Å². The molecule has 0 aliphatic heterocycles. The molecule has 1 saturated carbocycles. The van der Waals surface area contributed by atoms with Gasteiger partial charge in [-0.25, -0.2) is 0 Å². The van der Waals surface area contributed by atoms with E-state index in [1.807, 2.05) is 32.9 Å². The molecule has 0 atom stereocenters. The van der Waals surface area contributed by atoms with E-state index in [-0.39, 0.29) is 23.6 Å². The lowest BCUT2D eigenvalue weighted by atomic mass is 10.1. The van der Waals surface area contributed by atoms with E-state index in [9.17, 15) is 14.4 Å². The molecule has 0 heterocycles. The highest BCUT2D eigenvalue weighted by Crippen LogP contribution is 2.21. The Morgan fingerprint density at radius 3 is 2.33 bits per heavy atom. The first-order chi connectivity index (χ1) is 14.3. The predicted octanol–water partition coefficient (Wildman–Crippen LogP) is 4.13. The second-order valence-corrected chi connectivity index (χ2v) is 7.87. The molecular formula is C24H27N3O3. The van der Waals surface area contributed by atoms with Crippen molar-refractivity contribution in [3.8, 4) is 0 Å². The SMILES string of the molecule is Cc1ccc(NC(=O)C(C)C)cc1NC(=O)/C=C/c1ccc(C(=O)NC2CC2)cc1. The molecule has 0 bridgehead atoms. The molecular weight excluding hydrogens is 378 g/mol. The molecule has 0 radical (unpaired) electrons. The smallest absolute Gasteiger partial charge is 0.251 e. The Bertz CT molecular complexity index is 974. The van der Waals surface area contributed by atoms with E-state index in [2.05, 4.69) is 16.0 Å². The van der Waals surface area contributed by atoms with Crippen molar-refractivity contribution < 1.29 is 14.4 Å². The van der Waals surface area contributed by atoms with Gasteiger partial charge in [0.2, 0.25) is 11.8 Å². The minimum absolute atomic E-state index is 0.0642. The second kappa shape index (κ2) is 9.39. The summed E-state index contributed by atoms with van der Waals surface area (Å²) in [6.07, 6.45) is 5.23. The molecule has 3 rings (SSSR count). The molecule has 2 aromatic rings. The van der Waals surface area contributed by atoms with Crippen LogP contribution < -0.4 is 16.0 Å². The third kappa shape index (κ3) is 6.04. The van der Waals surface area contributed by atoms with E-state index in [1.165, 1.54) is 6.08 Å². The van der Waals surface area contributed by atoms with Crippen LogP contribution in [0.1, 0.15) is 48.2 Å². The van der Waals surface area contributed by atoms with E-state index >= 15 is 0 Å². The third-order valence-corrected chi connectivity index (χ3v) is 4.80. The Kier molecular flexibility index (Phi) is 6.67. The molecule has 30 heavy (non-hydrogen) atoms. The van der Waals surface area contributed by atoms with E-state index in [0.717, 1.165) is 24.0 Å². The fourth-order valence-corrected chi connectivity index (χ4v) is 2.71. The molecule has 1 fully saturated rings. The lowest BCUT2D eigenvalue weighted by molar-refractivity contribution is -0.119. The van der Waals surface area contributed by atoms with Crippen LogP contribution in [-0.4, -0.2) is 23.8 Å². The van der Waals surface area contributed by atoms with E-state index in [0.29, 0.717) is 23.0 Å². The molecule has 3 amide bonds.